The first-order chi connectivity index (χ1) is 14.7. The fourth-order valence-electron chi connectivity index (χ4n) is 3.32. The summed E-state index contributed by atoms with van der Waals surface area (Å²) in [5.74, 6) is 2.02. The molecular weight excluding hydrogens is 400 g/mol. The molecule has 8 heteroatoms. The number of para-hydroxylation sites is 2. The fraction of sp³-hybridized carbons (Fsp3) is 0.318. The van der Waals surface area contributed by atoms with Crippen LogP contribution in [-0.4, -0.2) is 32.2 Å². The van der Waals surface area contributed by atoms with Crippen LogP contribution in [0, 0.1) is 0 Å². The average Bonchev–Trinajstić information content (AvgIpc) is 3.32. The predicted octanol–water partition coefficient (Wildman–Crippen LogP) is 4.45. The maximum Gasteiger partial charge on any atom is 0.419 e. The van der Waals surface area contributed by atoms with Crippen molar-refractivity contribution in [2.75, 3.05) is 12.9 Å². The molecule has 0 spiro atoms. The highest BCUT2D eigenvalue weighted by molar-refractivity contribution is 7.99. The summed E-state index contributed by atoms with van der Waals surface area (Å²) in [7, 11) is 1.65. The second-order valence-corrected chi connectivity index (χ2v) is 7.94. The van der Waals surface area contributed by atoms with E-state index in [-0.39, 0.29) is 5.76 Å². The van der Waals surface area contributed by atoms with Gasteiger partial charge in [0.25, 0.3) is 0 Å². The molecule has 7 nitrogen and oxygen atoms in total. The molecule has 2 heterocycles. The Bertz CT molecular complexity index is 1180. The number of benzene rings is 2. The average molecular weight is 425 g/mol. The van der Waals surface area contributed by atoms with E-state index < -0.39 is 0 Å². The van der Waals surface area contributed by atoms with Gasteiger partial charge in [0.2, 0.25) is 0 Å². The molecule has 4 aromatic rings. The van der Waals surface area contributed by atoms with Crippen molar-refractivity contribution >= 4 is 22.9 Å². The molecule has 0 aliphatic heterocycles. The summed E-state index contributed by atoms with van der Waals surface area (Å²) in [5.41, 5.74) is 2.43. The van der Waals surface area contributed by atoms with Crippen LogP contribution >= 0.6 is 11.8 Å². The first kappa shape index (κ1) is 20.3. The highest BCUT2D eigenvalue weighted by Crippen LogP contribution is 2.26. The normalized spacial score (nSPS) is 11.3. The molecule has 30 heavy (non-hydrogen) atoms. The largest absolute Gasteiger partial charge is 0.497 e. The van der Waals surface area contributed by atoms with Gasteiger partial charge in [0.15, 0.2) is 16.6 Å². The van der Waals surface area contributed by atoms with E-state index in [1.165, 1.54) is 0 Å². The van der Waals surface area contributed by atoms with Gasteiger partial charge in [-0.15, -0.1) is 10.2 Å². The molecule has 0 unspecified atom stereocenters. The van der Waals surface area contributed by atoms with E-state index in [1.54, 1.807) is 23.4 Å². The van der Waals surface area contributed by atoms with Crippen LogP contribution in [-0.2, 0) is 13.1 Å². The van der Waals surface area contributed by atoms with Gasteiger partial charge in [-0.2, -0.15) is 0 Å². The number of oxazole rings is 1. The number of ether oxygens (including phenoxy) is 1. The topological polar surface area (TPSA) is 75.1 Å². The van der Waals surface area contributed by atoms with E-state index in [9.17, 15) is 4.79 Å². The summed E-state index contributed by atoms with van der Waals surface area (Å²) in [4.78, 5) is 12.2. The van der Waals surface area contributed by atoms with Gasteiger partial charge in [0.05, 0.1) is 12.6 Å². The van der Waals surface area contributed by atoms with Crippen LogP contribution in [0.2, 0.25) is 0 Å². The van der Waals surface area contributed by atoms with Crippen molar-refractivity contribution in [3.63, 3.8) is 0 Å². The Morgan fingerprint density at radius 3 is 2.60 bits per heavy atom. The SMILES string of the molecule is CCCCn1c(SCCn2c(=O)oc3ccccc32)nnc1-c1ccc(OC)cc1. The smallest absolute Gasteiger partial charge is 0.419 e. The Kier molecular flexibility index (Phi) is 6.23. The Balaban J connectivity index is 1.53. The standard InChI is InChI=1S/C22H24N4O3S/c1-3-4-13-26-20(16-9-11-17(28-2)12-10-16)23-24-21(26)30-15-14-25-18-7-5-6-8-19(18)29-22(25)27/h5-12H,3-4,13-15H2,1-2H3. The fourth-order valence-corrected chi connectivity index (χ4v) is 4.21. The number of fused-ring (bicyclic) bond motifs is 1. The summed E-state index contributed by atoms with van der Waals surface area (Å²) >= 11 is 1.60. The molecule has 0 saturated carbocycles. The highest BCUT2D eigenvalue weighted by atomic mass is 32.2. The molecule has 0 atom stereocenters. The molecule has 0 saturated heterocycles. The number of thioether (sulfide) groups is 1. The van der Waals surface area contributed by atoms with Gasteiger partial charge in [-0.3, -0.25) is 4.57 Å². The Morgan fingerprint density at radius 1 is 1.03 bits per heavy atom. The Hall–Kier alpha value is -3.00. The summed E-state index contributed by atoms with van der Waals surface area (Å²) in [6, 6.07) is 15.3. The summed E-state index contributed by atoms with van der Waals surface area (Å²) in [6.07, 6.45) is 2.13. The van der Waals surface area contributed by atoms with Gasteiger partial charge in [-0.05, 0) is 42.8 Å². The van der Waals surface area contributed by atoms with Crippen LogP contribution in [0.15, 0.2) is 62.9 Å². The minimum absolute atomic E-state index is 0.330. The number of rotatable bonds is 9. The maximum atomic E-state index is 12.2. The number of aromatic nitrogens is 4. The van der Waals surface area contributed by atoms with E-state index in [1.807, 2.05) is 48.5 Å². The predicted molar refractivity (Wildman–Crippen MR) is 118 cm³/mol. The minimum atomic E-state index is -0.330. The van der Waals surface area contributed by atoms with Crippen LogP contribution in [0.5, 0.6) is 5.75 Å². The van der Waals surface area contributed by atoms with Gasteiger partial charge < -0.3 is 13.7 Å². The zero-order chi connectivity index (χ0) is 20.9. The van der Waals surface area contributed by atoms with Gasteiger partial charge in [0, 0.05) is 24.4 Å². The third-order valence-electron chi connectivity index (χ3n) is 4.92. The lowest BCUT2D eigenvalue weighted by molar-refractivity contribution is 0.415. The quantitative estimate of drug-likeness (QED) is 0.370. The first-order valence-electron chi connectivity index (χ1n) is 10.00. The third-order valence-corrected chi connectivity index (χ3v) is 5.87. The number of methoxy groups -OCH3 is 1. The molecule has 0 aliphatic rings. The van der Waals surface area contributed by atoms with E-state index in [2.05, 4.69) is 21.7 Å². The first-order valence-corrected chi connectivity index (χ1v) is 11.0. The number of unbranched alkanes of at least 4 members (excludes halogenated alkanes) is 1. The zero-order valence-electron chi connectivity index (χ0n) is 17.1. The van der Waals surface area contributed by atoms with Crippen LogP contribution in [0.4, 0.5) is 0 Å². The van der Waals surface area contributed by atoms with E-state index in [4.69, 9.17) is 9.15 Å². The molecule has 0 fully saturated rings. The van der Waals surface area contributed by atoms with Gasteiger partial charge >= 0.3 is 5.76 Å². The summed E-state index contributed by atoms with van der Waals surface area (Å²) in [5, 5.41) is 9.72. The molecule has 0 amide bonds. The van der Waals surface area contributed by atoms with Gasteiger partial charge in [-0.1, -0.05) is 37.2 Å². The highest BCUT2D eigenvalue weighted by Gasteiger charge is 2.15. The zero-order valence-corrected chi connectivity index (χ0v) is 17.9. The van der Waals surface area contributed by atoms with Gasteiger partial charge in [-0.25, -0.2) is 4.79 Å². The molecule has 4 rings (SSSR count). The number of hydrogen-bond acceptors (Lipinski definition) is 6. The summed E-state index contributed by atoms with van der Waals surface area (Å²) in [6.45, 7) is 3.56. The number of hydrogen-bond donors (Lipinski definition) is 0. The van der Waals surface area contributed by atoms with Crippen molar-refractivity contribution in [1.82, 2.24) is 19.3 Å². The van der Waals surface area contributed by atoms with E-state index in [0.717, 1.165) is 47.2 Å². The van der Waals surface area contributed by atoms with Crippen molar-refractivity contribution in [3.05, 3.63) is 59.1 Å². The lowest BCUT2D eigenvalue weighted by Gasteiger charge is -2.10. The molecule has 0 aliphatic carbocycles. The molecule has 0 radical (unpaired) electrons. The number of nitrogens with zero attached hydrogens (tertiary/aromatic N) is 4. The van der Waals surface area contributed by atoms with Crippen molar-refractivity contribution in [3.8, 4) is 17.1 Å². The molecule has 156 valence electrons. The van der Waals surface area contributed by atoms with Crippen LogP contribution in [0.25, 0.3) is 22.5 Å². The molecule has 2 aromatic heterocycles. The Morgan fingerprint density at radius 2 is 1.83 bits per heavy atom. The monoisotopic (exact) mass is 424 g/mol. The van der Waals surface area contributed by atoms with Crippen molar-refractivity contribution in [2.24, 2.45) is 0 Å². The van der Waals surface area contributed by atoms with Crippen molar-refractivity contribution in [2.45, 2.75) is 38.0 Å². The van der Waals surface area contributed by atoms with Crippen LogP contribution in [0.1, 0.15) is 19.8 Å². The second kappa shape index (κ2) is 9.21. The lowest BCUT2D eigenvalue weighted by Crippen LogP contribution is -2.15. The summed E-state index contributed by atoms with van der Waals surface area (Å²) < 4.78 is 14.4. The third kappa shape index (κ3) is 4.14. The Labute approximate surface area is 178 Å². The minimum Gasteiger partial charge on any atom is -0.497 e. The van der Waals surface area contributed by atoms with Crippen LogP contribution < -0.4 is 10.5 Å². The van der Waals surface area contributed by atoms with Crippen LogP contribution in [0.3, 0.4) is 0 Å². The van der Waals surface area contributed by atoms with E-state index in [0.29, 0.717) is 17.9 Å². The molecule has 2 aromatic carbocycles. The van der Waals surface area contributed by atoms with E-state index >= 15 is 0 Å². The maximum absolute atomic E-state index is 12.2. The second-order valence-electron chi connectivity index (χ2n) is 6.88. The molecule has 0 bridgehead atoms. The number of aryl methyl sites for hydroxylation is 1. The lowest BCUT2D eigenvalue weighted by atomic mass is 10.2. The molecule has 0 N–H and O–H groups in total. The van der Waals surface area contributed by atoms with Gasteiger partial charge in [0.1, 0.15) is 5.75 Å². The van der Waals surface area contributed by atoms with Crippen molar-refractivity contribution < 1.29 is 9.15 Å². The van der Waals surface area contributed by atoms with Crippen molar-refractivity contribution in [1.29, 1.82) is 0 Å². The molecular formula is C22H24N4O3S.